The zero-order valence-electron chi connectivity index (χ0n) is 18.3. The maximum atomic E-state index is 13.2. The van der Waals surface area contributed by atoms with Crippen LogP contribution in [-0.2, 0) is 0 Å². The van der Waals surface area contributed by atoms with Crippen LogP contribution in [0.3, 0.4) is 0 Å². The van der Waals surface area contributed by atoms with Crippen molar-refractivity contribution >= 4 is 28.6 Å². The summed E-state index contributed by atoms with van der Waals surface area (Å²) in [4.78, 5) is 17.6. The fourth-order valence-electron chi connectivity index (χ4n) is 3.82. The van der Waals surface area contributed by atoms with E-state index in [2.05, 4.69) is 22.5 Å². The molecule has 0 aliphatic heterocycles. The average Bonchev–Trinajstić information content (AvgIpc) is 2.78. The third kappa shape index (κ3) is 6.50. The third-order valence-corrected chi connectivity index (χ3v) is 5.49. The van der Waals surface area contributed by atoms with Gasteiger partial charge >= 0.3 is 0 Å². The molecule has 3 aromatic rings. The molecular weight excluding hydrogens is 384 g/mol. The van der Waals surface area contributed by atoms with Gasteiger partial charge < -0.3 is 10.4 Å². The topological polar surface area (TPSA) is 62.2 Å². The number of aromatic nitrogens is 1. The molecule has 0 aliphatic carbocycles. The Morgan fingerprint density at radius 1 is 0.968 bits per heavy atom. The number of allylic oxidation sites excluding steroid dienone is 1. The van der Waals surface area contributed by atoms with E-state index in [-0.39, 0.29) is 5.91 Å². The number of aliphatic hydroxyl groups is 1. The van der Waals surface area contributed by atoms with Crippen molar-refractivity contribution in [2.45, 2.75) is 51.9 Å². The molecule has 1 amide bonds. The lowest BCUT2D eigenvalue weighted by molar-refractivity contribution is 0.102. The van der Waals surface area contributed by atoms with Crippen molar-refractivity contribution in [1.82, 2.24) is 4.98 Å². The predicted molar refractivity (Wildman–Crippen MR) is 129 cm³/mol. The number of aliphatic hydroxyl groups excluding tert-OH is 1. The first-order chi connectivity index (χ1) is 15.2. The molecule has 0 spiro atoms. The molecule has 0 unspecified atom stereocenters. The first-order valence-electron chi connectivity index (χ1n) is 11.2. The van der Waals surface area contributed by atoms with Gasteiger partial charge in [0.15, 0.2) is 0 Å². The summed E-state index contributed by atoms with van der Waals surface area (Å²) in [6.07, 6.45) is 13.7. The van der Waals surface area contributed by atoms with Gasteiger partial charge in [-0.25, -0.2) is 0 Å². The maximum Gasteiger partial charge on any atom is 0.256 e. The Balaban J connectivity index is 1.64. The minimum absolute atomic E-state index is 0.111. The molecule has 0 aliphatic rings. The summed E-state index contributed by atoms with van der Waals surface area (Å²) in [5, 5.41) is 12.9. The number of aryl methyl sites for hydroxylation is 1. The highest BCUT2D eigenvalue weighted by atomic mass is 16.2. The molecule has 2 N–H and O–H groups in total. The molecule has 1 heterocycles. The van der Waals surface area contributed by atoms with Crippen LogP contribution in [0.25, 0.3) is 17.0 Å². The van der Waals surface area contributed by atoms with E-state index in [1.165, 1.54) is 19.3 Å². The molecule has 0 atom stereocenters. The number of nitrogens with zero attached hydrogens (tertiary/aromatic N) is 1. The molecule has 4 nitrogen and oxygen atoms in total. The molecular formula is C27H32N2O2. The first-order valence-corrected chi connectivity index (χ1v) is 11.2. The molecule has 162 valence electrons. The SMILES string of the molecule is Cc1cccc(/C=C/CCCCCCCCO)c1C(=O)Nc1cccc2cccnc12. The van der Waals surface area contributed by atoms with Gasteiger partial charge in [-0.15, -0.1) is 0 Å². The maximum absolute atomic E-state index is 13.2. The van der Waals surface area contributed by atoms with Crippen molar-refractivity contribution in [2.24, 2.45) is 0 Å². The third-order valence-electron chi connectivity index (χ3n) is 5.49. The summed E-state index contributed by atoms with van der Waals surface area (Å²) in [6.45, 7) is 2.27. The molecule has 2 aromatic carbocycles. The van der Waals surface area contributed by atoms with E-state index in [1.807, 2.05) is 55.5 Å². The Bertz CT molecular complexity index is 1020. The average molecular weight is 417 g/mol. The molecule has 1 aromatic heterocycles. The highest BCUT2D eigenvalue weighted by Crippen LogP contribution is 2.23. The van der Waals surface area contributed by atoms with Gasteiger partial charge in [0.25, 0.3) is 5.91 Å². The summed E-state index contributed by atoms with van der Waals surface area (Å²) in [5.74, 6) is -0.111. The lowest BCUT2D eigenvalue weighted by Gasteiger charge is -2.12. The van der Waals surface area contributed by atoms with Crippen LogP contribution < -0.4 is 5.32 Å². The molecule has 0 saturated heterocycles. The number of unbranched alkanes of at least 4 members (excludes halogenated alkanes) is 6. The van der Waals surface area contributed by atoms with E-state index in [1.54, 1.807) is 6.20 Å². The largest absolute Gasteiger partial charge is 0.396 e. The van der Waals surface area contributed by atoms with Crippen LogP contribution in [0.2, 0.25) is 0 Å². The van der Waals surface area contributed by atoms with Gasteiger partial charge in [0.1, 0.15) is 0 Å². The number of nitrogens with one attached hydrogen (secondary N) is 1. The van der Waals surface area contributed by atoms with Gasteiger partial charge in [0.2, 0.25) is 0 Å². The molecule has 0 bridgehead atoms. The zero-order chi connectivity index (χ0) is 21.9. The Labute approximate surface area is 185 Å². The summed E-state index contributed by atoms with van der Waals surface area (Å²) in [6, 6.07) is 15.7. The van der Waals surface area contributed by atoms with Crippen LogP contribution in [0, 0.1) is 6.92 Å². The number of para-hydroxylation sites is 1. The fraction of sp³-hybridized carbons (Fsp3) is 0.333. The van der Waals surface area contributed by atoms with Crippen molar-refractivity contribution in [1.29, 1.82) is 0 Å². The van der Waals surface area contributed by atoms with E-state index < -0.39 is 0 Å². The highest BCUT2D eigenvalue weighted by molar-refractivity contribution is 6.10. The van der Waals surface area contributed by atoms with Gasteiger partial charge in [-0.1, -0.05) is 74.2 Å². The second kappa shape index (κ2) is 12.0. The van der Waals surface area contributed by atoms with E-state index in [0.29, 0.717) is 12.2 Å². The van der Waals surface area contributed by atoms with Crippen LogP contribution in [0.1, 0.15) is 66.4 Å². The number of pyridine rings is 1. The summed E-state index contributed by atoms with van der Waals surface area (Å²) >= 11 is 0. The Morgan fingerprint density at radius 3 is 2.55 bits per heavy atom. The van der Waals surface area contributed by atoms with E-state index in [9.17, 15) is 4.79 Å². The lowest BCUT2D eigenvalue weighted by atomic mass is 10.00. The number of hydrogen-bond donors (Lipinski definition) is 2. The fourth-order valence-corrected chi connectivity index (χ4v) is 3.82. The summed E-state index contributed by atoms with van der Waals surface area (Å²) in [7, 11) is 0. The molecule has 31 heavy (non-hydrogen) atoms. The van der Waals surface area contributed by atoms with Crippen LogP contribution in [-0.4, -0.2) is 22.6 Å². The van der Waals surface area contributed by atoms with Crippen molar-refractivity contribution in [3.8, 4) is 0 Å². The number of anilines is 1. The minimum atomic E-state index is -0.111. The van der Waals surface area contributed by atoms with Gasteiger partial charge in [0.05, 0.1) is 11.2 Å². The number of carbonyl (C=O) groups excluding carboxylic acids is 1. The molecule has 4 heteroatoms. The van der Waals surface area contributed by atoms with Crippen molar-refractivity contribution in [3.05, 3.63) is 77.5 Å². The smallest absolute Gasteiger partial charge is 0.256 e. The molecule has 0 radical (unpaired) electrons. The Kier molecular flexibility index (Phi) is 8.80. The predicted octanol–water partition coefficient (Wildman–Crippen LogP) is 6.53. The van der Waals surface area contributed by atoms with Gasteiger partial charge in [-0.05, 0) is 49.4 Å². The molecule has 0 fully saturated rings. The van der Waals surface area contributed by atoms with Crippen molar-refractivity contribution in [2.75, 3.05) is 11.9 Å². The first kappa shape index (κ1) is 22.7. The van der Waals surface area contributed by atoms with Crippen LogP contribution in [0.4, 0.5) is 5.69 Å². The van der Waals surface area contributed by atoms with E-state index >= 15 is 0 Å². The van der Waals surface area contributed by atoms with Crippen LogP contribution in [0.15, 0.2) is 60.8 Å². The number of hydrogen-bond acceptors (Lipinski definition) is 3. The van der Waals surface area contributed by atoms with Gasteiger partial charge in [0, 0.05) is 23.8 Å². The normalized spacial score (nSPS) is 11.3. The van der Waals surface area contributed by atoms with Crippen LogP contribution in [0.5, 0.6) is 0 Å². The second-order valence-corrected chi connectivity index (χ2v) is 7.91. The highest BCUT2D eigenvalue weighted by Gasteiger charge is 2.14. The van der Waals surface area contributed by atoms with Gasteiger partial charge in [-0.2, -0.15) is 0 Å². The van der Waals surface area contributed by atoms with Gasteiger partial charge in [-0.3, -0.25) is 9.78 Å². The quantitative estimate of drug-likeness (QED) is 0.349. The number of benzene rings is 2. The number of fused-ring (bicyclic) bond motifs is 1. The number of carbonyl (C=O) groups is 1. The Morgan fingerprint density at radius 2 is 1.71 bits per heavy atom. The standard InChI is InChI=1S/C27H32N2O2/c1-21-13-10-15-22(14-8-6-4-2-3-5-7-9-20-30)25(21)27(31)29-24-18-11-16-23-17-12-19-28-26(23)24/h8,10-19,30H,2-7,9,20H2,1H3,(H,29,31)/b14-8+. The van der Waals surface area contributed by atoms with E-state index in [0.717, 1.165) is 53.4 Å². The number of rotatable bonds is 11. The molecule has 3 rings (SSSR count). The zero-order valence-corrected chi connectivity index (χ0v) is 18.3. The van der Waals surface area contributed by atoms with E-state index in [4.69, 9.17) is 5.11 Å². The van der Waals surface area contributed by atoms with Crippen molar-refractivity contribution in [3.63, 3.8) is 0 Å². The number of amides is 1. The minimum Gasteiger partial charge on any atom is -0.396 e. The van der Waals surface area contributed by atoms with Crippen molar-refractivity contribution < 1.29 is 9.90 Å². The van der Waals surface area contributed by atoms with Crippen LogP contribution >= 0.6 is 0 Å². The monoisotopic (exact) mass is 416 g/mol. The summed E-state index contributed by atoms with van der Waals surface area (Å²) < 4.78 is 0. The Hall–Kier alpha value is -2.98. The lowest BCUT2D eigenvalue weighted by Crippen LogP contribution is -2.15. The second-order valence-electron chi connectivity index (χ2n) is 7.91. The summed E-state index contributed by atoms with van der Waals surface area (Å²) in [5.41, 5.74) is 4.12. The molecule has 0 saturated carbocycles.